The fraction of sp³-hybridized carbons (Fsp3) is 0.444. The molecule has 34 heavy (non-hydrogen) atoms. The highest BCUT2D eigenvalue weighted by molar-refractivity contribution is 8.00. The third kappa shape index (κ3) is 6.63. The van der Waals surface area contributed by atoms with Gasteiger partial charge in [-0.3, -0.25) is 14.4 Å². The first-order valence-electron chi connectivity index (χ1n) is 12.2. The SMILES string of the molecule is O=C(N[C@@H]1CCCCC1NC(=O)C1CCN(C(=O)CSc2ccccc2)CC1)c1ccccc1. The van der Waals surface area contributed by atoms with Gasteiger partial charge in [-0.15, -0.1) is 11.8 Å². The Hall–Kier alpha value is -2.80. The second-order valence-electron chi connectivity index (χ2n) is 9.10. The predicted octanol–water partition coefficient (Wildman–Crippen LogP) is 3.87. The third-order valence-corrected chi connectivity index (χ3v) is 7.77. The first-order valence-corrected chi connectivity index (χ1v) is 13.2. The van der Waals surface area contributed by atoms with Crippen LogP contribution in [0.4, 0.5) is 0 Å². The molecule has 7 heteroatoms. The van der Waals surface area contributed by atoms with Gasteiger partial charge in [0.15, 0.2) is 0 Å². The van der Waals surface area contributed by atoms with Crippen LogP contribution in [-0.4, -0.2) is 53.5 Å². The van der Waals surface area contributed by atoms with Crippen molar-refractivity contribution in [1.29, 1.82) is 0 Å². The fourth-order valence-electron chi connectivity index (χ4n) is 4.76. The predicted molar refractivity (Wildman–Crippen MR) is 135 cm³/mol. The van der Waals surface area contributed by atoms with Crippen molar-refractivity contribution < 1.29 is 14.4 Å². The van der Waals surface area contributed by atoms with Crippen LogP contribution in [0.25, 0.3) is 0 Å². The summed E-state index contributed by atoms with van der Waals surface area (Å²) in [7, 11) is 0. The van der Waals surface area contributed by atoms with Gasteiger partial charge in [-0.05, 0) is 49.9 Å². The Bertz CT molecular complexity index is 962. The van der Waals surface area contributed by atoms with Gasteiger partial charge in [-0.25, -0.2) is 0 Å². The Balaban J connectivity index is 1.23. The topological polar surface area (TPSA) is 78.5 Å². The number of thioether (sulfide) groups is 1. The molecule has 2 fully saturated rings. The van der Waals surface area contributed by atoms with E-state index in [1.54, 1.807) is 23.9 Å². The number of nitrogens with one attached hydrogen (secondary N) is 2. The molecule has 1 unspecified atom stereocenters. The fourth-order valence-corrected chi connectivity index (χ4v) is 5.58. The van der Waals surface area contributed by atoms with Gasteiger partial charge in [-0.1, -0.05) is 49.2 Å². The molecule has 2 aromatic carbocycles. The lowest BCUT2D eigenvalue weighted by Crippen LogP contribution is -2.55. The summed E-state index contributed by atoms with van der Waals surface area (Å²) in [6.45, 7) is 1.23. The molecule has 2 atom stereocenters. The molecule has 180 valence electrons. The maximum Gasteiger partial charge on any atom is 0.251 e. The molecule has 0 bridgehead atoms. The summed E-state index contributed by atoms with van der Waals surface area (Å²) in [5.41, 5.74) is 0.639. The number of carbonyl (C=O) groups excluding carboxylic acids is 3. The van der Waals surface area contributed by atoms with Crippen LogP contribution in [0.3, 0.4) is 0 Å². The van der Waals surface area contributed by atoms with Gasteiger partial charge in [-0.2, -0.15) is 0 Å². The first kappa shape index (κ1) is 24.3. The largest absolute Gasteiger partial charge is 0.351 e. The highest BCUT2D eigenvalue weighted by Gasteiger charge is 2.32. The number of carbonyl (C=O) groups is 3. The second kappa shape index (κ2) is 12.1. The van der Waals surface area contributed by atoms with E-state index in [0.29, 0.717) is 37.2 Å². The molecule has 2 N–H and O–H groups in total. The lowest BCUT2D eigenvalue weighted by atomic mass is 9.88. The molecule has 1 saturated carbocycles. The van der Waals surface area contributed by atoms with Crippen molar-refractivity contribution >= 4 is 29.5 Å². The summed E-state index contributed by atoms with van der Waals surface area (Å²) in [5, 5.41) is 6.36. The van der Waals surface area contributed by atoms with E-state index in [9.17, 15) is 14.4 Å². The summed E-state index contributed by atoms with van der Waals surface area (Å²) in [5.74, 6) is 0.427. The Morgan fingerprint density at radius 2 is 1.38 bits per heavy atom. The summed E-state index contributed by atoms with van der Waals surface area (Å²) in [6, 6.07) is 19.0. The minimum Gasteiger partial charge on any atom is -0.351 e. The van der Waals surface area contributed by atoms with Crippen LogP contribution in [0.15, 0.2) is 65.6 Å². The Morgan fingerprint density at radius 3 is 2.03 bits per heavy atom. The summed E-state index contributed by atoms with van der Waals surface area (Å²) in [6.07, 6.45) is 5.21. The van der Waals surface area contributed by atoms with Crippen molar-refractivity contribution in [3.63, 3.8) is 0 Å². The molecule has 3 amide bonds. The molecule has 1 saturated heterocycles. The number of likely N-dealkylation sites (tertiary alicyclic amines) is 1. The highest BCUT2D eigenvalue weighted by atomic mass is 32.2. The van der Waals surface area contributed by atoms with Crippen LogP contribution in [0.2, 0.25) is 0 Å². The number of hydrogen-bond acceptors (Lipinski definition) is 4. The summed E-state index contributed by atoms with van der Waals surface area (Å²) >= 11 is 1.55. The minimum absolute atomic E-state index is 0.0455. The first-order chi connectivity index (χ1) is 16.6. The average molecular weight is 480 g/mol. The highest BCUT2D eigenvalue weighted by Crippen LogP contribution is 2.23. The van der Waals surface area contributed by atoms with Crippen LogP contribution in [0.1, 0.15) is 48.9 Å². The van der Waals surface area contributed by atoms with E-state index in [0.717, 1.165) is 30.6 Å². The third-order valence-electron chi connectivity index (χ3n) is 6.77. The van der Waals surface area contributed by atoms with Crippen LogP contribution in [0.5, 0.6) is 0 Å². The molecule has 0 spiro atoms. The van der Waals surface area contributed by atoms with Crippen LogP contribution < -0.4 is 10.6 Å². The number of piperidine rings is 1. The minimum atomic E-state index is -0.0908. The normalized spacial score (nSPS) is 21.0. The van der Waals surface area contributed by atoms with Crippen molar-refractivity contribution in [1.82, 2.24) is 15.5 Å². The van der Waals surface area contributed by atoms with Crippen molar-refractivity contribution in [3.8, 4) is 0 Å². The molecule has 4 rings (SSSR count). The zero-order valence-electron chi connectivity index (χ0n) is 19.4. The summed E-state index contributed by atoms with van der Waals surface area (Å²) < 4.78 is 0. The Morgan fingerprint density at radius 1 is 0.794 bits per heavy atom. The molecule has 6 nitrogen and oxygen atoms in total. The lowest BCUT2D eigenvalue weighted by Gasteiger charge is -2.36. The molecule has 1 heterocycles. The van der Waals surface area contributed by atoms with Gasteiger partial charge in [0.1, 0.15) is 0 Å². The number of nitrogens with zero attached hydrogens (tertiary/aromatic N) is 1. The number of amides is 3. The Kier molecular flexibility index (Phi) is 8.63. The van der Waals surface area contributed by atoms with Crippen LogP contribution >= 0.6 is 11.8 Å². The van der Waals surface area contributed by atoms with Gasteiger partial charge in [0, 0.05) is 41.6 Å². The maximum absolute atomic E-state index is 13.0. The van der Waals surface area contributed by atoms with Crippen molar-refractivity contribution in [3.05, 3.63) is 66.2 Å². The summed E-state index contributed by atoms with van der Waals surface area (Å²) in [4.78, 5) is 41.2. The van der Waals surface area contributed by atoms with E-state index in [-0.39, 0.29) is 35.7 Å². The average Bonchev–Trinajstić information content (AvgIpc) is 2.89. The zero-order valence-corrected chi connectivity index (χ0v) is 20.3. The molecule has 1 aliphatic carbocycles. The van der Waals surface area contributed by atoms with Crippen molar-refractivity contribution in [2.24, 2.45) is 5.92 Å². The number of rotatable bonds is 7. The van der Waals surface area contributed by atoms with E-state index < -0.39 is 0 Å². The van der Waals surface area contributed by atoms with E-state index in [1.165, 1.54) is 0 Å². The van der Waals surface area contributed by atoms with Crippen LogP contribution in [-0.2, 0) is 9.59 Å². The molecular formula is C27H33N3O3S. The van der Waals surface area contributed by atoms with Crippen LogP contribution in [0, 0.1) is 5.92 Å². The van der Waals surface area contributed by atoms with Crippen molar-refractivity contribution in [2.45, 2.75) is 55.5 Å². The molecule has 0 radical (unpaired) electrons. The molecule has 2 aromatic rings. The van der Waals surface area contributed by atoms with Gasteiger partial charge in [0.2, 0.25) is 11.8 Å². The standard InChI is InChI=1S/C27H33N3O3S/c31-25(19-34-22-11-5-2-6-12-22)30-17-15-21(16-18-30)27(33)29-24-14-8-7-13-23(24)28-26(32)20-9-3-1-4-10-20/h1-6,9-12,21,23-24H,7-8,13-19H2,(H,28,32)(H,29,33)/t23-,24?/m1/s1. The molecule has 1 aliphatic heterocycles. The van der Waals surface area contributed by atoms with E-state index in [4.69, 9.17) is 0 Å². The quantitative estimate of drug-likeness (QED) is 0.591. The monoisotopic (exact) mass is 479 g/mol. The maximum atomic E-state index is 13.0. The smallest absolute Gasteiger partial charge is 0.251 e. The molecule has 2 aliphatic rings. The van der Waals surface area contributed by atoms with E-state index >= 15 is 0 Å². The van der Waals surface area contributed by atoms with E-state index in [1.807, 2.05) is 53.4 Å². The number of benzene rings is 2. The van der Waals surface area contributed by atoms with E-state index in [2.05, 4.69) is 10.6 Å². The molecular weight excluding hydrogens is 446 g/mol. The van der Waals surface area contributed by atoms with Gasteiger partial charge in [0.05, 0.1) is 5.75 Å². The zero-order chi connectivity index (χ0) is 23.8. The van der Waals surface area contributed by atoms with Gasteiger partial charge in [0.25, 0.3) is 5.91 Å². The Labute approximate surface area is 205 Å². The lowest BCUT2D eigenvalue weighted by molar-refractivity contribution is -0.134. The van der Waals surface area contributed by atoms with Crippen molar-refractivity contribution in [2.75, 3.05) is 18.8 Å². The number of hydrogen-bond donors (Lipinski definition) is 2. The van der Waals surface area contributed by atoms with Gasteiger partial charge < -0.3 is 15.5 Å². The van der Waals surface area contributed by atoms with Gasteiger partial charge >= 0.3 is 0 Å². The second-order valence-corrected chi connectivity index (χ2v) is 10.2. The molecule has 0 aromatic heterocycles.